The van der Waals surface area contributed by atoms with Crippen molar-refractivity contribution in [1.29, 1.82) is 0 Å². The minimum Gasteiger partial charge on any atom is -0.306 e. The van der Waals surface area contributed by atoms with Crippen molar-refractivity contribution in [3.05, 3.63) is 59.7 Å². The van der Waals surface area contributed by atoms with Crippen LogP contribution in [0.4, 0.5) is 0 Å². The van der Waals surface area contributed by atoms with E-state index in [1.165, 1.54) is 11.1 Å². The molecule has 3 rings (SSSR count). The molecule has 2 aromatic rings. The second-order valence-electron chi connectivity index (χ2n) is 6.89. The first-order chi connectivity index (χ1) is 11.8. The summed E-state index contributed by atoms with van der Waals surface area (Å²) in [6.07, 6.45) is 0.816. The largest absolute Gasteiger partial charge is 0.306 e. The molecule has 0 spiro atoms. The molecule has 136 valence electrons. The first-order valence-corrected chi connectivity index (χ1v) is 12.7. The van der Waals surface area contributed by atoms with Crippen LogP contribution in [0.3, 0.4) is 0 Å². The van der Waals surface area contributed by atoms with Crippen LogP contribution in [0.5, 0.6) is 0 Å². The molecule has 0 aromatic heterocycles. The van der Waals surface area contributed by atoms with Crippen molar-refractivity contribution < 1.29 is 8.42 Å². The van der Waals surface area contributed by atoms with Crippen LogP contribution in [0.25, 0.3) is 0 Å². The number of rotatable bonds is 5. The third kappa shape index (κ3) is 2.92. The molecule has 2 aromatic carbocycles. The molecule has 25 heavy (non-hydrogen) atoms. The van der Waals surface area contributed by atoms with E-state index < -0.39 is 17.9 Å². The average Bonchev–Trinajstić information content (AvgIpc) is 2.61. The lowest BCUT2D eigenvalue weighted by Gasteiger charge is -2.46. The van der Waals surface area contributed by atoms with Gasteiger partial charge < -0.3 is 4.90 Å². The molecular formula is C20H27NO2S2. The van der Waals surface area contributed by atoms with Crippen molar-refractivity contribution in [2.75, 3.05) is 25.6 Å². The molecule has 0 saturated carbocycles. The van der Waals surface area contributed by atoms with Gasteiger partial charge in [0.15, 0.2) is 8.87 Å². The quantitative estimate of drug-likeness (QED) is 0.736. The second-order valence-corrected chi connectivity index (χ2v) is 14.4. The Balaban J connectivity index is 2.37. The van der Waals surface area contributed by atoms with E-state index >= 15 is 0 Å². The van der Waals surface area contributed by atoms with E-state index in [1.807, 2.05) is 38.4 Å². The van der Waals surface area contributed by atoms with E-state index in [9.17, 15) is 8.42 Å². The molecule has 1 atom stereocenters. The normalized spacial score (nSPS) is 18.3. The Kier molecular flexibility index (Phi) is 5.02. The topological polar surface area (TPSA) is 37.4 Å². The van der Waals surface area contributed by atoms with Crippen LogP contribution in [0, 0.1) is 0 Å². The van der Waals surface area contributed by atoms with Gasteiger partial charge in [-0.15, -0.1) is 0 Å². The molecule has 0 aliphatic carbocycles. The van der Waals surface area contributed by atoms with Gasteiger partial charge in [-0.1, -0.05) is 52.4 Å². The number of hydrogen-bond acceptors (Lipinski definition) is 3. The Morgan fingerprint density at radius 2 is 1.48 bits per heavy atom. The summed E-state index contributed by atoms with van der Waals surface area (Å²) in [5.41, 5.74) is 2.33. The zero-order valence-corrected chi connectivity index (χ0v) is 17.0. The Morgan fingerprint density at radius 1 is 1.00 bits per heavy atom. The maximum absolute atomic E-state index is 13.6. The van der Waals surface area contributed by atoms with Gasteiger partial charge in [0.25, 0.3) is 0 Å². The van der Waals surface area contributed by atoms with Gasteiger partial charge in [-0.3, -0.25) is 0 Å². The summed E-state index contributed by atoms with van der Waals surface area (Å²) in [5.74, 6) is 0.815. The van der Waals surface area contributed by atoms with Crippen molar-refractivity contribution in [2.45, 2.75) is 36.1 Å². The van der Waals surface area contributed by atoms with Crippen LogP contribution in [-0.2, 0) is 15.3 Å². The minimum atomic E-state index is -3.28. The third-order valence-electron chi connectivity index (χ3n) is 5.18. The van der Waals surface area contributed by atoms with Gasteiger partial charge >= 0.3 is 0 Å². The maximum Gasteiger partial charge on any atom is 0.192 e. The highest BCUT2D eigenvalue weighted by molar-refractivity contribution is 8.90. The summed E-state index contributed by atoms with van der Waals surface area (Å²) in [5, 5.41) is 0. The van der Waals surface area contributed by atoms with E-state index in [0.717, 1.165) is 16.2 Å². The monoisotopic (exact) mass is 377 g/mol. The molecular weight excluding hydrogens is 350 g/mol. The highest BCUT2D eigenvalue weighted by Crippen LogP contribution is 2.71. The number of benzene rings is 2. The van der Waals surface area contributed by atoms with Crippen molar-refractivity contribution in [1.82, 2.24) is 4.90 Å². The van der Waals surface area contributed by atoms with Crippen LogP contribution < -0.4 is 0 Å². The predicted octanol–water partition coefficient (Wildman–Crippen LogP) is 4.11. The van der Waals surface area contributed by atoms with Gasteiger partial charge in [-0.05, 0) is 50.7 Å². The van der Waals surface area contributed by atoms with Crippen LogP contribution >= 0.6 is 9.06 Å². The molecule has 0 saturated heterocycles. The fraction of sp³-hybridized carbons (Fsp3) is 0.400. The second kappa shape index (κ2) is 6.78. The van der Waals surface area contributed by atoms with Crippen LogP contribution in [0.1, 0.15) is 25.0 Å². The Labute approximate surface area is 152 Å². The van der Waals surface area contributed by atoms with E-state index in [4.69, 9.17) is 0 Å². The smallest absolute Gasteiger partial charge is 0.192 e. The van der Waals surface area contributed by atoms with Crippen molar-refractivity contribution in [3.8, 4) is 0 Å². The SMILES string of the molecule is CCS(=O)(=O)S1(CC(C)N(C)C)c2ccccc2Cc2ccccc21. The third-order valence-corrected chi connectivity index (χ3v) is 14.7. The zero-order chi connectivity index (χ0) is 18.2. The molecule has 0 bridgehead atoms. The summed E-state index contributed by atoms with van der Waals surface area (Å²) in [6, 6.07) is 16.5. The van der Waals surface area contributed by atoms with Crippen molar-refractivity contribution in [3.63, 3.8) is 0 Å². The molecule has 5 heteroatoms. The molecule has 0 amide bonds. The van der Waals surface area contributed by atoms with Gasteiger partial charge in [-0.25, -0.2) is 8.42 Å². The summed E-state index contributed by atoms with van der Waals surface area (Å²) >= 11 is 0. The Morgan fingerprint density at radius 3 is 1.92 bits per heavy atom. The maximum atomic E-state index is 13.6. The van der Waals surface area contributed by atoms with Gasteiger partial charge in [0.1, 0.15) is 0 Å². The van der Waals surface area contributed by atoms with Crippen LogP contribution in [0.15, 0.2) is 58.3 Å². The summed E-state index contributed by atoms with van der Waals surface area (Å²) in [6.45, 7) is 3.91. The molecule has 0 N–H and O–H groups in total. The molecule has 0 radical (unpaired) electrons. The fourth-order valence-corrected chi connectivity index (χ4v) is 13.0. The number of nitrogens with zero attached hydrogens (tertiary/aromatic N) is 1. The van der Waals surface area contributed by atoms with Crippen LogP contribution in [-0.4, -0.2) is 45.0 Å². The van der Waals surface area contributed by atoms with Gasteiger partial charge in [0.05, 0.1) is 5.75 Å². The Bertz CT molecular complexity index is 829. The molecule has 3 nitrogen and oxygen atoms in total. The highest BCUT2D eigenvalue weighted by Gasteiger charge is 2.46. The van der Waals surface area contributed by atoms with Gasteiger partial charge in [0, 0.05) is 21.6 Å². The van der Waals surface area contributed by atoms with E-state index in [1.54, 1.807) is 6.92 Å². The molecule has 1 heterocycles. The summed E-state index contributed by atoms with van der Waals surface area (Å²) < 4.78 is 27.2. The number of fused-ring (bicyclic) bond motifs is 2. The first-order valence-electron chi connectivity index (χ1n) is 8.69. The standard InChI is InChI=1S/C20H27NO2S2/c1-5-25(22,23)24(15-16(2)21(3)4)19-12-8-6-10-17(19)14-18-11-7-9-13-20(18)24/h6-13,16H,5,14-15H2,1-4H3. The first kappa shape index (κ1) is 18.5. The number of hydrogen-bond donors (Lipinski definition) is 0. The molecule has 1 unspecified atom stereocenters. The van der Waals surface area contributed by atoms with E-state index in [-0.39, 0.29) is 11.8 Å². The molecule has 0 fully saturated rings. The summed E-state index contributed by atoms with van der Waals surface area (Å²) in [4.78, 5) is 4.22. The van der Waals surface area contributed by atoms with Crippen LogP contribution in [0.2, 0.25) is 0 Å². The Hall–Kier alpha value is -1.30. The lowest BCUT2D eigenvalue weighted by molar-refractivity contribution is 0.339. The van der Waals surface area contributed by atoms with Crippen molar-refractivity contribution >= 4 is 17.9 Å². The lowest BCUT2D eigenvalue weighted by atomic mass is 10.0. The fourth-order valence-electron chi connectivity index (χ4n) is 3.51. The molecule has 1 aliphatic heterocycles. The van der Waals surface area contributed by atoms with E-state index in [0.29, 0.717) is 5.75 Å². The zero-order valence-electron chi connectivity index (χ0n) is 15.4. The minimum absolute atomic E-state index is 0.172. The van der Waals surface area contributed by atoms with Gasteiger partial charge in [0.2, 0.25) is 0 Å². The average molecular weight is 378 g/mol. The molecule has 1 aliphatic rings. The lowest BCUT2D eigenvalue weighted by Crippen LogP contribution is -2.35. The van der Waals surface area contributed by atoms with Gasteiger partial charge in [-0.2, -0.15) is 0 Å². The van der Waals surface area contributed by atoms with E-state index in [2.05, 4.69) is 36.1 Å². The predicted molar refractivity (Wildman–Crippen MR) is 107 cm³/mol. The summed E-state index contributed by atoms with van der Waals surface area (Å²) in [7, 11) is -1.39. The van der Waals surface area contributed by atoms with Crippen molar-refractivity contribution in [2.24, 2.45) is 0 Å². The highest BCUT2D eigenvalue weighted by atomic mass is 33.2.